The monoisotopic (exact) mass is 327 g/mol. The van der Waals surface area contributed by atoms with Crippen LogP contribution in [0.1, 0.15) is 30.5 Å². The molecular formula is C19H21NO4. The number of nitrogens with one attached hydrogen (secondary N) is 1. The molecule has 0 aliphatic heterocycles. The smallest absolute Gasteiger partial charge is 0.330 e. The van der Waals surface area contributed by atoms with Gasteiger partial charge in [-0.2, -0.15) is 0 Å². The summed E-state index contributed by atoms with van der Waals surface area (Å²) in [5, 5.41) is 12.0. The standard InChI is InChI=1S/C19H21NO4/c1-3-15(24-16-12-8-7-9-13(16)2)18(21)20-17(19(22)23)14-10-5-4-6-11-14/h4-12,15,17H,3H2,1-2H3,(H,20,21)(H,22,23)/t15?,17-/m0/s1. The van der Waals surface area contributed by atoms with E-state index in [-0.39, 0.29) is 0 Å². The largest absolute Gasteiger partial charge is 0.480 e. The minimum atomic E-state index is -1.11. The van der Waals surface area contributed by atoms with Crippen LogP contribution in [0.2, 0.25) is 0 Å². The lowest BCUT2D eigenvalue weighted by Crippen LogP contribution is -2.42. The van der Waals surface area contributed by atoms with Crippen LogP contribution in [0.15, 0.2) is 54.6 Å². The maximum Gasteiger partial charge on any atom is 0.330 e. The Morgan fingerprint density at radius 2 is 1.71 bits per heavy atom. The van der Waals surface area contributed by atoms with Gasteiger partial charge >= 0.3 is 5.97 Å². The lowest BCUT2D eigenvalue weighted by molar-refractivity contribution is -0.143. The number of hydrogen-bond acceptors (Lipinski definition) is 3. The van der Waals surface area contributed by atoms with Gasteiger partial charge < -0.3 is 15.2 Å². The summed E-state index contributed by atoms with van der Waals surface area (Å²) in [5.74, 6) is -0.941. The number of benzene rings is 2. The molecule has 24 heavy (non-hydrogen) atoms. The number of para-hydroxylation sites is 1. The van der Waals surface area contributed by atoms with Crippen molar-refractivity contribution in [3.05, 3.63) is 65.7 Å². The van der Waals surface area contributed by atoms with Crippen LogP contribution >= 0.6 is 0 Å². The Kier molecular flexibility index (Phi) is 5.95. The molecule has 1 unspecified atom stereocenters. The third-order valence-corrected chi connectivity index (χ3v) is 3.69. The van der Waals surface area contributed by atoms with Gasteiger partial charge in [-0.15, -0.1) is 0 Å². The van der Waals surface area contributed by atoms with Crippen LogP contribution in [0, 0.1) is 6.92 Å². The SMILES string of the molecule is CCC(Oc1ccccc1C)C(=O)N[C@H](C(=O)O)c1ccccc1. The molecule has 2 rings (SSSR count). The molecule has 2 N–H and O–H groups in total. The average molecular weight is 327 g/mol. The zero-order valence-corrected chi connectivity index (χ0v) is 13.7. The van der Waals surface area contributed by atoms with Crippen molar-refractivity contribution in [3.8, 4) is 5.75 Å². The van der Waals surface area contributed by atoms with E-state index in [2.05, 4.69) is 5.32 Å². The Morgan fingerprint density at radius 3 is 2.29 bits per heavy atom. The second-order valence-corrected chi connectivity index (χ2v) is 5.47. The van der Waals surface area contributed by atoms with Crippen molar-refractivity contribution in [2.24, 2.45) is 0 Å². The van der Waals surface area contributed by atoms with Gasteiger partial charge in [0.25, 0.3) is 5.91 Å². The number of carboxylic acid groups (broad SMARTS) is 1. The number of aliphatic carboxylic acids is 1. The zero-order chi connectivity index (χ0) is 17.5. The average Bonchev–Trinajstić information content (AvgIpc) is 2.59. The summed E-state index contributed by atoms with van der Waals surface area (Å²) >= 11 is 0. The molecule has 0 bridgehead atoms. The van der Waals surface area contributed by atoms with E-state index in [1.165, 1.54) is 0 Å². The number of carbonyl (C=O) groups is 2. The van der Waals surface area contributed by atoms with Gasteiger partial charge in [-0.3, -0.25) is 4.79 Å². The first-order valence-electron chi connectivity index (χ1n) is 7.83. The normalized spacial score (nSPS) is 12.9. The minimum absolute atomic E-state index is 0.432. The Bertz CT molecular complexity index is 700. The summed E-state index contributed by atoms with van der Waals surface area (Å²) in [6, 6.07) is 14.9. The van der Waals surface area contributed by atoms with E-state index in [1.54, 1.807) is 36.4 Å². The quantitative estimate of drug-likeness (QED) is 0.819. The van der Waals surface area contributed by atoms with E-state index in [1.807, 2.05) is 32.0 Å². The molecule has 0 saturated heterocycles. The summed E-state index contributed by atoms with van der Waals surface area (Å²) in [4.78, 5) is 24.0. The molecule has 5 heteroatoms. The van der Waals surface area contributed by atoms with Crippen LogP contribution in [-0.4, -0.2) is 23.1 Å². The molecule has 0 heterocycles. The second-order valence-electron chi connectivity index (χ2n) is 5.47. The predicted octanol–water partition coefficient (Wildman–Crippen LogP) is 3.09. The highest BCUT2D eigenvalue weighted by Gasteiger charge is 2.27. The molecule has 2 aromatic carbocycles. The van der Waals surface area contributed by atoms with Crippen molar-refractivity contribution in [1.29, 1.82) is 0 Å². The highest BCUT2D eigenvalue weighted by molar-refractivity contribution is 5.87. The predicted molar refractivity (Wildman–Crippen MR) is 90.8 cm³/mol. The van der Waals surface area contributed by atoms with Crippen molar-refractivity contribution in [2.45, 2.75) is 32.4 Å². The molecular weight excluding hydrogens is 306 g/mol. The topological polar surface area (TPSA) is 75.6 Å². The fourth-order valence-electron chi connectivity index (χ4n) is 2.33. The highest BCUT2D eigenvalue weighted by Crippen LogP contribution is 2.20. The van der Waals surface area contributed by atoms with Crippen LogP contribution in [0.3, 0.4) is 0 Å². The number of rotatable bonds is 7. The molecule has 0 saturated carbocycles. The van der Waals surface area contributed by atoms with Crippen LogP contribution < -0.4 is 10.1 Å². The number of carbonyl (C=O) groups excluding carboxylic acids is 1. The van der Waals surface area contributed by atoms with Gasteiger partial charge in [0.15, 0.2) is 12.1 Å². The molecule has 2 aromatic rings. The first-order chi connectivity index (χ1) is 11.5. The van der Waals surface area contributed by atoms with Crippen molar-refractivity contribution in [2.75, 3.05) is 0 Å². The number of aryl methyl sites for hydroxylation is 1. The Morgan fingerprint density at radius 1 is 1.08 bits per heavy atom. The third kappa shape index (κ3) is 4.35. The van der Waals surface area contributed by atoms with E-state index in [4.69, 9.17) is 4.74 Å². The summed E-state index contributed by atoms with van der Waals surface area (Å²) in [6.07, 6.45) is -0.321. The van der Waals surface area contributed by atoms with E-state index in [0.717, 1.165) is 5.56 Å². The Labute approximate surface area is 141 Å². The molecule has 5 nitrogen and oxygen atoms in total. The maximum atomic E-state index is 12.5. The van der Waals surface area contributed by atoms with Gasteiger partial charge in [0.2, 0.25) is 0 Å². The minimum Gasteiger partial charge on any atom is -0.480 e. The van der Waals surface area contributed by atoms with Crippen LogP contribution in [0.4, 0.5) is 0 Å². The summed E-state index contributed by atoms with van der Waals surface area (Å²) in [6.45, 7) is 3.71. The zero-order valence-electron chi connectivity index (χ0n) is 13.7. The van der Waals surface area contributed by atoms with E-state index < -0.39 is 24.0 Å². The summed E-state index contributed by atoms with van der Waals surface area (Å²) < 4.78 is 5.77. The van der Waals surface area contributed by atoms with Crippen molar-refractivity contribution in [1.82, 2.24) is 5.32 Å². The molecule has 0 spiro atoms. The second kappa shape index (κ2) is 8.15. The Balaban J connectivity index is 2.13. The van der Waals surface area contributed by atoms with Gasteiger partial charge in [-0.25, -0.2) is 4.79 Å². The maximum absolute atomic E-state index is 12.5. The van der Waals surface area contributed by atoms with Gasteiger partial charge in [0.1, 0.15) is 5.75 Å². The lowest BCUT2D eigenvalue weighted by atomic mass is 10.1. The van der Waals surface area contributed by atoms with E-state index in [9.17, 15) is 14.7 Å². The third-order valence-electron chi connectivity index (χ3n) is 3.69. The molecule has 0 aliphatic carbocycles. The first-order valence-corrected chi connectivity index (χ1v) is 7.83. The Hall–Kier alpha value is -2.82. The lowest BCUT2D eigenvalue weighted by Gasteiger charge is -2.21. The molecule has 0 fully saturated rings. The fraction of sp³-hybridized carbons (Fsp3) is 0.263. The van der Waals surface area contributed by atoms with Gasteiger partial charge in [0, 0.05) is 0 Å². The molecule has 126 valence electrons. The molecule has 0 aliphatic rings. The summed E-state index contributed by atoms with van der Waals surface area (Å²) in [5.41, 5.74) is 1.44. The van der Waals surface area contributed by atoms with Gasteiger partial charge in [0.05, 0.1) is 0 Å². The molecule has 0 aromatic heterocycles. The van der Waals surface area contributed by atoms with Crippen molar-refractivity contribution >= 4 is 11.9 Å². The van der Waals surface area contributed by atoms with Crippen LogP contribution in [-0.2, 0) is 9.59 Å². The van der Waals surface area contributed by atoms with Crippen LogP contribution in [0.5, 0.6) is 5.75 Å². The first kappa shape index (κ1) is 17.5. The highest BCUT2D eigenvalue weighted by atomic mass is 16.5. The number of ether oxygens (including phenoxy) is 1. The van der Waals surface area contributed by atoms with E-state index in [0.29, 0.717) is 17.7 Å². The van der Waals surface area contributed by atoms with Crippen LogP contribution in [0.25, 0.3) is 0 Å². The number of carboxylic acids is 1. The van der Waals surface area contributed by atoms with Gasteiger partial charge in [-0.05, 0) is 30.5 Å². The summed E-state index contributed by atoms with van der Waals surface area (Å²) in [7, 11) is 0. The van der Waals surface area contributed by atoms with Crippen molar-refractivity contribution < 1.29 is 19.4 Å². The number of amides is 1. The van der Waals surface area contributed by atoms with E-state index >= 15 is 0 Å². The number of hydrogen-bond donors (Lipinski definition) is 2. The molecule has 0 radical (unpaired) electrons. The fourth-order valence-corrected chi connectivity index (χ4v) is 2.33. The van der Waals surface area contributed by atoms with Gasteiger partial charge in [-0.1, -0.05) is 55.5 Å². The van der Waals surface area contributed by atoms with Crippen molar-refractivity contribution in [3.63, 3.8) is 0 Å². The molecule has 2 atom stereocenters. The molecule has 1 amide bonds.